The van der Waals surface area contributed by atoms with Crippen LogP contribution in [0, 0.1) is 0 Å². The summed E-state index contributed by atoms with van der Waals surface area (Å²) < 4.78 is 29.2. The second-order valence-electron chi connectivity index (χ2n) is 14.3. The van der Waals surface area contributed by atoms with Crippen LogP contribution in [0.4, 0.5) is 0 Å². The number of carbonyl (C=O) groups excluding carboxylic acids is 4. The third-order valence-corrected chi connectivity index (χ3v) is 11.0. The minimum absolute atomic E-state index is 0.191. The molecular weight excluding hydrogens is 681 g/mol. The van der Waals surface area contributed by atoms with Crippen molar-refractivity contribution in [3.63, 3.8) is 0 Å². The molecule has 0 saturated heterocycles. The number of rotatable bonds is 33. The van der Waals surface area contributed by atoms with Crippen molar-refractivity contribution in [2.45, 2.75) is 174 Å². The van der Waals surface area contributed by atoms with Crippen LogP contribution in [0.3, 0.4) is 0 Å². The lowest BCUT2D eigenvalue weighted by Gasteiger charge is -2.21. The van der Waals surface area contributed by atoms with E-state index in [0.29, 0.717) is 12.8 Å². The highest BCUT2D eigenvalue weighted by atomic mass is 31.2. The maximum atomic E-state index is 12.9. The van der Waals surface area contributed by atoms with Gasteiger partial charge in [-0.3, -0.25) is 28.6 Å². The summed E-state index contributed by atoms with van der Waals surface area (Å²) in [6.07, 6.45) is 24.4. The van der Waals surface area contributed by atoms with Gasteiger partial charge in [0.15, 0.2) is 6.10 Å². The topological polar surface area (TPSA) is 137 Å². The first-order valence-corrected chi connectivity index (χ1v) is 22.2. The van der Waals surface area contributed by atoms with Gasteiger partial charge in [-0.25, -0.2) is 0 Å². The van der Waals surface area contributed by atoms with Crippen molar-refractivity contribution in [3.8, 4) is 0 Å². The summed E-state index contributed by atoms with van der Waals surface area (Å²) >= 11 is 0. The van der Waals surface area contributed by atoms with Crippen LogP contribution in [0.1, 0.15) is 189 Å². The molecule has 0 bridgehead atoms. The summed E-state index contributed by atoms with van der Waals surface area (Å²) in [7, 11) is -4.31. The average molecular weight is 750 g/mol. The monoisotopic (exact) mass is 749 g/mol. The van der Waals surface area contributed by atoms with E-state index in [9.17, 15) is 28.6 Å². The number of imide groups is 1. The molecule has 1 unspecified atom stereocenters. The summed E-state index contributed by atoms with van der Waals surface area (Å²) in [4.78, 5) is 62.0. The number of carbonyl (C=O) groups is 4. The predicted molar refractivity (Wildman–Crippen MR) is 205 cm³/mol. The summed E-state index contributed by atoms with van der Waals surface area (Å²) in [5, 5.41) is 0. The molecule has 1 N–H and O–H groups in total. The van der Waals surface area contributed by atoms with Crippen LogP contribution in [0.25, 0.3) is 0 Å². The number of esters is 2. The fraction of sp³-hybridized carbons (Fsp3) is 0.756. The maximum Gasteiger partial charge on any atom is 0.330 e. The van der Waals surface area contributed by atoms with Gasteiger partial charge in [0.2, 0.25) is 0 Å². The van der Waals surface area contributed by atoms with Gasteiger partial charge in [0.05, 0.1) is 23.9 Å². The lowest BCUT2D eigenvalue weighted by Crippen LogP contribution is -2.33. The molecule has 296 valence electrons. The van der Waals surface area contributed by atoms with Crippen molar-refractivity contribution < 1.29 is 42.6 Å². The first-order chi connectivity index (χ1) is 25.2. The molecule has 0 aromatic heterocycles. The molecule has 10 nitrogen and oxygen atoms in total. The van der Waals surface area contributed by atoms with Crippen LogP contribution in [-0.2, 0) is 28.2 Å². The van der Waals surface area contributed by atoms with E-state index in [-0.39, 0.29) is 37.1 Å². The molecule has 2 amide bonds. The molecule has 11 heteroatoms. The molecule has 1 aliphatic rings. The first-order valence-electron chi connectivity index (χ1n) is 20.4. The number of hydrogen-bond donors (Lipinski definition) is 1. The Hall–Kier alpha value is -2.55. The quantitative estimate of drug-likeness (QED) is 0.0322. The zero-order valence-corrected chi connectivity index (χ0v) is 33.2. The van der Waals surface area contributed by atoms with E-state index in [2.05, 4.69) is 13.8 Å². The van der Waals surface area contributed by atoms with Crippen LogP contribution < -0.4 is 0 Å². The molecule has 0 aliphatic carbocycles. The highest BCUT2D eigenvalue weighted by Crippen LogP contribution is 2.42. The molecule has 0 spiro atoms. The van der Waals surface area contributed by atoms with Crippen LogP contribution in [-0.4, -0.2) is 65.6 Å². The smallest absolute Gasteiger partial charge is 0.330 e. The van der Waals surface area contributed by atoms with E-state index < -0.39 is 50.2 Å². The van der Waals surface area contributed by atoms with Crippen molar-refractivity contribution >= 4 is 31.3 Å². The Morgan fingerprint density at radius 2 is 1.04 bits per heavy atom. The van der Waals surface area contributed by atoms with Gasteiger partial charge in [0, 0.05) is 19.4 Å². The van der Waals surface area contributed by atoms with E-state index in [1.54, 1.807) is 24.3 Å². The van der Waals surface area contributed by atoms with Gasteiger partial charge in [0.1, 0.15) is 6.61 Å². The van der Waals surface area contributed by atoms with Gasteiger partial charge in [-0.1, -0.05) is 154 Å². The van der Waals surface area contributed by atoms with Crippen molar-refractivity contribution in [1.82, 2.24) is 4.90 Å². The molecule has 0 radical (unpaired) electrons. The molecule has 1 aliphatic heterocycles. The van der Waals surface area contributed by atoms with E-state index in [1.165, 1.54) is 89.9 Å². The van der Waals surface area contributed by atoms with Crippen molar-refractivity contribution in [2.24, 2.45) is 0 Å². The van der Waals surface area contributed by atoms with Gasteiger partial charge in [-0.2, -0.15) is 0 Å². The summed E-state index contributed by atoms with van der Waals surface area (Å²) in [6, 6.07) is 6.38. The van der Waals surface area contributed by atoms with Crippen LogP contribution in [0.15, 0.2) is 24.3 Å². The maximum absolute atomic E-state index is 12.9. The average Bonchev–Trinajstić information content (AvgIpc) is 3.38. The standard InChI is InChI=1S/C41H68NO9P/c1-3-5-7-9-11-13-15-17-19-21-23-29-38(43)49-33-35(51-39(44)30-24-22-20-18-16-14-12-10-8-6-4-2)34-50-52(47,48)32-31-42-40(45)36-27-25-26-28-37(36)41(42)46/h25-28,35H,3-24,29-34H2,1-2H3,(H,47,48)/t35-/m1/s1. The highest BCUT2D eigenvalue weighted by Gasteiger charge is 2.36. The highest BCUT2D eigenvalue weighted by molar-refractivity contribution is 7.52. The minimum atomic E-state index is -4.31. The molecule has 2 rings (SSSR count). The van der Waals surface area contributed by atoms with E-state index >= 15 is 0 Å². The Bertz CT molecular complexity index is 1190. The van der Waals surface area contributed by atoms with Gasteiger partial charge in [-0.05, 0) is 25.0 Å². The van der Waals surface area contributed by atoms with E-state index in [0.717, 1.165) is 43.4 Å². The fourth-order valence-corrected chi connectivity index (χ4v) is 7.40. The predicted octanol–water partition coefficient (Wildman–Crippen LogP) is 10.3. The van der Waals surface area contributed by atoms with E-state index in [1.807, 2.05) is 0 Å². The van der Waals surface area contributed by atoms with E-state index in [4.69, 9.17) is 14.0 Å². The third kappa shape index (κ3) is 20.1. The third-order valence-electron chi connectivity index (χ3n) is 9.64. The molecule has 1 heterocycles. The Balaban J connectivity index is 1.75. The largest absolute Gasteiger partial charge is 0.462 e. The number of nitrogens with zero attached hydrogens (tertiary/aromatic N) is 1. The number of hydrogen-bond acceptors (Lipinski definition) is 8. The molecule has 52 heavy (non-hydrogen) atoms. The Morgan fingerprint density at radius 1 is 0.635 bits per heavy atom. The number of ether oxygens (including phenoxy) is 2. The number of benzene rings is 1. The normalized spacial score (nSPS) is 14.3. The fourth-order valence-electron chi connectivity index (χ4n) is 6.42. The molecule has 1 aromatic rings. The van der Waals surface area contributed by atoms with Gasteiger partial charge >= 0.3 is 19.5 Å². The molecule has 1 aromatic carbocycles. The van der Waals surface area contributed by atoms with Crippen molar-refractivity contribution in [2.75, 3.05) is 25.9 Å². The molecular formula is C41H68NO9P. The Labute approximate surface area is 313 Å². The summed E-state index contributed by atoms with van der Waals surface area (Å²) in [5.41, 5.74) is 0.502. The Kier molecular flexibility index (Phi) is 24.5. The van der Waals surface area contributed by atoms with Crippen LogP contribution in [0.2, 0.25) is 0 Å². The van der Waals surface area contributed by atoms with Crippen molar-refractivity contribution in [1.29, 1.82) is 0 Å². The van der Waals surface area contributed by atoms with Crippen LogP contribution in [0.5, 0.6) is 0 Å². The first kappa shape index (κ1) is 45.6. The molecule has 0 fully saturated rings. The number of fused-ring (bicyclic) bond motifs is 1. The second kappa shape index (κ2) is 28.0. The van der Waals surface area contributed by atoms with Crippen LogP contribution >= 0.6 is 7.60 Å². The molecule has 2 atom stereocenters. The zero-order valence-electron chi connectivity index (χ0n) is 32.3. The SMILES string of the molecule is CCCCCCCCCCCCCC(=O)OC[C@H](COP(=O)(O)CCN1C(=O)c2ccccc2C1=O)OC(=O)CCCCCCCCCCCCC. The van der Waals surface area contributed by atoms with Crippen molar-refractivity contribution in [3.05, 3.63) is 35.4 Å². The van der Waals surface area contributed by atoms with Gasteiger partial charge < -0.3 is 18.9 Å². The molecule has 0 saturated carbocycles. The zero-order chi connectivity index (χ0) is 37.9. The lowest BCUT2D eigenvalue weighted by molar-refractivity contribution is -0.161. The Morgan fingerprint density at radius 3 is 1.48 bits per heavy atom. The second-order valence-corrected chi connectivity index (χ2v) is 16.3. The number of amides is 2. The van der Waals surface area contributed by atoms with Gasteiger partial charge in [-0.15, -0.1) is 0 Å². The summed E-state index contributed by atoms with van der Waals surface area (Å²) in [5.74, 6) is -1.95. The lowest BCUT2D eigenvalue weighted by atomic mass is 10.1. The number of unbranched alkanes of at least 4 members (excludes halogenated alkanes) is 20. The minimum Gasteiger partial charge on any atom is -0.462 e. The van der Waals surface area contributed by atoms with Gasteiger partial charge in [0.25, 0.3) is 11.8 Å². The summed E-state index contributed by atoms with van der Waals surface area (Å²) in [6.45, 7) is 3.38.